The second-order valence-electron chi connectivity index (χ2n) is 3.05. The fraction of sp³-hybridized carbons (Fsp3) is 0.455. The molecule has 0 aliphatic heterocycles. The Balaban J connectivity index is 2.37. The molecule has 68 valence electrons. The Morgan fingerprint density at radius 3 is 2.42 bits per heavy atom. The second-order valence-corrected chi connectivity index (χ2v) is 5.65. The molecule has 1 rings (SSSR count). The van der Waals surface area contributed by atoms with E-state index in [1.165, 1.54) is 28.4 Å². The van der Waals surface area contributed by atoms with Crippen molar-refractivity contribution < 1.29 is 21.2 Å². The zero-order valence-electron chi connectivity index (χ0n) is 7.81. The van der Waals surface area contributed by atoms with E-state index in [1.54, 1.807) is 0 Å². The molecule has 1 aromatic carbocycles. The number of benzene rings is 1. The van der Waals surface area contributed by atoms with Crippen molar-refractivity contribution in [1.82, 2.24) is 0 Å². The number of halogens is 1. The summed E-state index contributed by atoms with van der Waals surface area (Å²) in [6.07, 6.45) is 2.65. The van der Waals surface area contributed by atoms with E-state index in [2.05, 4.69) is 36.1 Å². The van der Waals surface area contributed by atoms with Crippen molar-refractivity contribution in [3.05, 3.63) is 35.4 Å². The third-order valence-corrected chi connectivity index (χ3v) is 3.75. The first kappa shape index (κ1) is 10.0. The number of aryl methyl sites for hydroxylation is 2. The molecule has 0 fully saturated rings. The second kappa shape index (κ2) is 5.57. The summed E-state index contributed by atoms with van der Waals surface area (Å²) < 4.78 is 1.47. The Labute approximate surface area is 85.6 Å². The van der Waals surface area contributed by atoms with E-state index >= 15 is 0 Å². The van der Waals surface area contributed by atoms with Crippen LogP contribution in [-0.2, 0) is 6.42 Å². The summed E-state index contributed by atoms with van der Waals surface area (Å²) in [7, 11) is 0. The Hall–Kier alpha value is -0.0500. The zero-order chi connectivity index (χ0) is 8.81. The van der Waals surface area contributed by atoms with Crippen molar-refractivity contribution >= 4 is 0 Å². The molecule has 1 aromatic rings. The predicted molar refractivity (Wildman–Crippen MR) is 50.3 cm³/mol. The van der Waals surface area contributed by atoms with E-state index in [0.717, 1.165) is 0 Å². The van der Waals surface area contributed by atoms with Gasteiger partial charge < -0.3 is 0 Å². The molecule has 0 saturated carbocycles. The van der Waals surface area contributed by atoms with Crippen LogP contribution >= 0.6 is 0 Å². The molecule has 0 saturated heterocycles. The fourth-order valence-corrected chi connectivity index (χ4v) is 2.30. The Morgan fingerprint density at radius 1 is 1.17 bits per heavy atom. The number of hydrogen-bond donors (Lipinski definition) is 0. The first-order valence-corrected chi connectivity index (χ1v) is 8.00. The summed E-state index contributed by atoms with van der Waals surface area (Å²) in [5.41, 5.74) is 2.86. The number of hydrogen-bond acceptors (Lipinski definition) is 0. The van der Waals surface area contributed by atoms with Gasteiger partial charge in [-0.2, -0.15) is 0 Å². The van der Waals surface area contributed by atoms with Gasteiger partial charge in [0.25, 0.3) is 0 Å². The standard InChI is InChI=1S/C11H16I/c1-10-5-7-11(8-6-10)4-3-9-12-2/h5-8H,3-4,9H2,1-2H3/q-1. The molecule has 0 bridgehead atoms. The van der Waals surface area contributed by atoms with Crippen LogP contribution in [0.3, 0.4) is 0 Å². The predicted octanol–water partition coefficient (Wildman–Crippen LogP) is -0.354. The molecule has 0 radical (unpaired) electrons. The van der Waals surface area contributed by atoms with Gasteiger partial charge in [0.1, 0.15) is 0 Å². The van der Waals surface area contributed by atoms with Crippen molar-refractivity contribution in [2.24, 2.45) is 0 Å². The van der Waals surface area contributed by atoms with Gasteiger partial charge in [0.05, 0.1) is 0 Å². The average Bonchev–Trinajstić information content (AvgIpc) is 2.09. The van der Waals surface area contributed by atoms with Gasteiger partial charge in [0.2, 0.25) is 0 Å². The minimum atomic E-state index is 0.503. The monoisotopic (exact) mass is 275 g/mol. The van der Waals surface area contributed by atoms with Crippen molar-refractivity contribution in [3.8, 4) is 0 Å². The molecule has 0 unspecified atom stereocenters. The van der Waals surface area contributed by atoms with Crippen LogP contribution in [0.25, 0.3) is 0 Å². The molecule has 0 nitrogen and oxygen atoms in total. The summed E-state index contributed by atoms with van der Waals surface area (Å²) in [6.45, 7) is 2.14. The molecule has 0 amide bonds. The average molecular weight is 275 g/mol. The van der Waals surface area contributed by atoms with Crippen LogP contribution in [0.5, 0.6) is 0 Å². The first-order valence-electron chi connectivity index (χ1n) is 4.32. The van der Waals surface area contributed by atoms with Crippen molar-refractivity contribution in [1.29, 1.82) is 0 Å². The Kier molecular flexibility index (Phi) is 4.66. The fourth-order valence-electron chi connectivity index (χ4n) is 1.16. The topological polar surface area (TPSA) is 0 Å². The normalized spacial score (nSPS) is 10.5. The van der Waals surface area contributed by atoms with Crippen LogP contribution in [0.4, 0.5) is 0 Å². The molecule has 0 N–H and O–H groups in total. The first-order chi connectivity index (χ1) is 5.83. The minimum absolute atomic E-state index is 0.503. The van der Waals surface area contributed by atoms with Crippen LogP contribution < -0.4 is 21.2 Å². The summed E-state index contributed by atoms with van der Waals surface area (Å²) in [6, 6.07) is 8.92. The van der Waals surface area contributed by atoms with E-state index in [9.17, 15) is 0 Å². The molecule has 12 heavy (non-hydrogen) atoms. The van der Waals surface area contributed by atoms with Crippen LogP contribution in [0, 0.1) is 6.92 Å². The SMILES string of the molecule is C[I-]CCCc1ccc(C)cc1. The van der Waals surface area contributed by atoms with E-state index < -0.39 is 0 Å². The molecule has 0 aliphatic carbocycles. The maximum atomic E-state index is 2.36. The van der Waals surface area contributed by atoms with Gasteiger partial charge in [-0.05, 0) is 0 Å². The molecule has 0 aromatic heterocycles. The molecule has 0 aliphatic rings. The van der Waals surface area contributed by atoms with Gasteiger partial charge in [-0.1, -0.05) is 0 Å². The molecular weight excluding hydrogens is 259 g/mol. The van der Waals surface area contributed by atoms with Gasteiger partial charge in [0, 0.05) is 0 Å². The number of rotatable bonds is 4. The van der Waals surface area contributed by atoms with E-state index in [4.69, 9.17) is 0 Å². The Morgan fingerprint density at radius 2 is 1.83 bits per heavy atom. The third kappa shape index (κ3) is 3.57. The maximum absolute atomic E-state index is 2.36. The summed E-state index contributed by atoms with van der Waals surface area (Å²) in [5.74, 6) is 0. The Bertz CT molecular complexity index is 213. The zero-order valence-corrected chi connectivity index (χ0v) is 9.97. The van der Waals surface area contributed by atoms with Gasteiger partial charge in [-0.25, -0.2) is 0 Å². The summed E-state index contributed by atoms with van der Waals surface area (Å²) in [4.78, 5) is 2.36. The van der Waals surface area contributed by atoms with Gasteiger partial charge in [0.15, 0.2) is 0 Å². The van der Waals surface area contributed by atoms with E-state index in [-0.39, 0.29) is 0 Å². The van der Waals surface area contributed by atoms with Crippen molar-refractivity contribution in [2.75, 3.05) is 9.36 Å². The van der Waals surface area contributed by atoms with Crippen molar-refractivity contribution in [2.45, 2.75) is 19.8 Å². The molecule has 0 atom stereocenters. The number of alkyl halides is 2. The summed E-state index contributed by atoms with van der Waals surface area (Å²) in [5, 5.41) is 0. The van der Waals surface area contributed by atoms with Crippen LogP contribution in [0.15, 0.2) is 24.3 Å². The van der Waals surface area contributed by atoms with Crippen molar-refractivity contribution in [3.63, 3.8) is 0 Å². The third-order valence-electron chi connectivity index (χ3n) is 1.91. The molecule has 0 heterocycles. The van der Waals surface area contributed by atoms with Gasteiger partial charge in [-0.15, -0.1) is 0 Å². The van der Waals surface area contributed by atoms with Gasteiger partial charge >= 0.3 is 85.7 Å². The van der Waals surface area contributed by atoms with Gasteiger partial charge in [-0.3, -0.25) is 0 Å². The van der Waals surface area contributed by atoms with Crippen LogP contribution in [0.1, 0.15) is 17.5 Å². The quantitative estimate of drug-likeness (QED) is 0.400. The molecule has 1 heteroatoms. The van der Waals surface area contributed by atoms with E-state index in [0.29, 0.717) is 21.2 Å². The summed E-state index contributed by atoms with van der Waals surface area (Å²) >= 11 is 0.503. The molecule has 0 spiro atoms. The van der Waals surface area contributed by atoms with Crippen LogP contribution in [-0.4, -0.2) is 9.36 Å². The van der Waals surface area contributed by atoms with Crippen LogP contribution in [0.2, 0.25) is 0 Å². The molecular formula is C11H16I-. The van der Waals surface area contributed by atoms with E-state index in [1.807, 2.05) is 0 Å².